The zero-order valence-electron chi connectivity index (χ0n) is 36.9. The fraction of sp³-hybridized carbons (Fsp3) is 0.167. The fourth-order valence-electron chi connectivity index (χ4n) is 9.73. The molecule has 0 amide bonds. The summed E-state index contributed by atoms with van der Waals surface area (Å²) in [7, 11) is 0. The number of fused-ring (bicyclic) bond motifs is 9. The Labute approximate surface area is 365 Å². The summed E-state index contributed by atoms with van der Waals surface area (Å²) in [6, 6.07) is 61.3. The summed E-state index contributed by atoms with van der Waals surface area (Å²) in [4.78, 5) is 2.40. The smallest absolute Gasteiger partial charge is 0.159 e. The molecular weight excluding hydrogens is 751 g/mol. The van der Waals surface area contributed by atoms with Gasteiger partial charge in [-0.25, -0.2) is 0 Å². The van der Waals surface area contributed by atoms with Crippen LogP contribution in [0.2, 0.25) is 0 Å². The molecule has 0 radical (unpaired) electrons. The molecule has 1 heterocycles. The normalized spacial score (nSPS) is 12.5. The third-order valence-electron chi connectivity index (χ3n) is 13.3. The number of nitrogens with zero attached hydrogens (tertiary/aromatic N) is 1. The Bertz CT molecular complexity index is 3420. The van der Waals surface area contributed by atoms with Gasteiger partial charge in [0, 0.05) is 22.1 Å². The molecule has 0 spiro atoms. The molecule has 0 aliphatic heterocycles. The zero-order chi connectivity index (χ0) is 42.7. The van der Waals surface area contributed by atoms with Crippen molar-refractivity contribution in [2.24, 2.45) is 0 Å². The highest BCUT2D eigenvalue weighted by molar-refractivity contribution is 6.14. The van der Waals surface area contributed by atoms with Crippen LogP contribution in [0.5, 0.6) is 0 Å². The van der Waals surface area contributed by atoms with Crippen molar-refractivity contribution in [3.63, 3.8) is 0 Å². The molecule has 11 rings (SSSR count). The molecule has 0 bridgehead atoms. The van der Waals surface area contributed by atoms with Crippen LogP contribution in [0.3, 0.4) is 0 Å². The second-order valence-electron chi connectivity index (χ2n) is 19.6. The van der Waals surface area contributed by atoms with Gasteiger partial charge in [0.2, 0.25) is 0 Å². The molecule has 62 heavy (non-hydrogen) atoms. The van der Waals surface area contributed by atoms with E-state index in [9.17, 15) is 0 Å². The summed E-state index contributed by atoms with van der Waals surface area (Å²) in [5, 5.41) is 7.23. The lowest BCUT2D eigenvalue weighted by Crippen LogP contribution is -2.13. The van der Waals surface area contributed by atoms with Crippen molar-refractivity contribution >= 4 is 60.5 Å². The van der Waals surface area contributed by atoms with Gasteiger partial charge in [-0.3, -0.25) is 0 Å². The number of anilines is 3. The Kier molecular flexibility index (Phi) is 8.48. The van der Waals surface area contributed by atoms with E-state index in [-0.39, 0.29) is 10.8 Å². The molecule has 0 saturated heterocycles. The average molecular weight is 802 g/mol. The monoisotopic (exact) mass is 801 g/mol. The van der Waals surface area contributed by atoms with Crippen molar-refractivity contribution in [3.8, 4) is 44.5 Å². The van der Waals surface area contributed by atoms with Crippen molar-refractivity contribution in [3.05, 3.63) is 186 Å². The topological polar surface area (TPSA) is 16.4 Å². The standard InChI is InChI=1S/C60H51NO/c1-36-13-9-11-15-55(36)61(57-37(2)17-28-48-47-14-10-12-16-56(47)62-58(48)57)46-27-22-40-30-51-52(33-41(40)29-46)54-35-43-32-50(39-20-25-45(26-21-39)60(6,7)8)49(31-42(43)34-53(51)54)38-18-23-44(24-19-38)59(3,4)5/h9-35H,1-8H3. The third kappa shape index (κ3) is 6.15. The number of benzene rings is 9. The predicted molar refractivity (Wildman–Crippen MR) is 266 cm³/mol. The summed E-state index contributed by atoms with van der Waals surface area (Å²) in [6.45, 7) is 18.1. The molecule has 0 saturated carbocycles. The maximum Gasteiger partial charge on any atom is 0.159 e. The highest BCUT2D eigenvalue weighted by Crippen LogP contribution is 2.52. The number of hydrogen-bond acceptors (Lipinski definition) is 2. The zero-order valence-corrected chi connectivity index (χ0v) is 36.9. The van der Waals surface area contributed by atoms with E-state index < -0.39 is 0 Å². The van der Waals surface area contributed by atoms with Gasteiger partial charge >= 0.3 is 0 Å². The number of para-hydroxylation sites is 2. The second-order valence-corrected chi connectivity index (χ2v) is 19.6. The molecule has 0 N–H and O–H groups in total. The molecule has 302 valence electrons. The van der Waals surface area contributed by atoms with Crippen LogP contribution in [0.15, 0.2) is 168 Å². The van der Waals surface area contributed by atoms with Crippen LogP contribution in [0.25, 0.3) is 88.0 Å². The minimum absolute atomic E-state index is 0.0917. The van der Waals surface area contributed by atoms with Crippen molar-refractivity contribution < 1.29 is 4.42 Å². The van der Waals surface area contributed by atoms with E-state index in [2.05, 4.69) is 218 Å². The first-order valence-electron chi connectivity index (χ1n) is 22.0. The average Bonchev–Trinajstić information content (AvgIpc) is 3.64. The minimum atomic E-state index is 0.0917. The van der Waals surface area contributed by atoms with Gasteiger partial charge in [-0.1, -0.05) is 145 Å². The Morgan fingerprint density at radius 3 is 1.47 bits per heavy atom. The van der Waals surface area contributed by atoms with Gasteiger partial charge in [-0.15, -0.1) is 0 Å². The van der Waals surface area contributed by atoms with Crippen LogP contribution < -0.4 is 4.90 Å². The van der Waals surface area contributed by atoms with Crippen LogP contribution in [0.1, 0.15) is 63.8 Å². The lowest BCUT2D eigenvalue weighted by atomic mass is 9.77. The number of rotatable bonds is 5. The number of furan rings is 1. The molecule has 9 aromatic carbocycles. The van der Waals surface area contributed by atoms with E-state index in [0.29, 0.717) is 0 Å². The van der Waals surface area contributed by atoms with Crippen molar-refractivity contribution in [2.75, 3.05) is 4.90 Å². The van der Waals surface area contributed by atoms with Gasteiger partial charge < -0.3 is 9.32 Å². The van der Waals surface area contributed by atoms with Gasteiger partial charge in [-0.05, 0) is 174 Å². The molecule has 10 aromatic rings. The Balaban J connectivity index is 1.05. The quantitative estimate of drug-likeness (QED) is 0.172. The predicted octanol–water partition coefficient (Wildman–Crippen LogP) is 17.6. The van der Waals surface area contributed by atoms with E-state index in [1.165, 1.54) is 82.7 Å². The van der Waals surface area contributed by atoms with Crippen molar-refractivity contribution in [1.82, 2.24) is 0 Å². The van der Waals surface area contributed by atoms with Gasteiger partial charge in [0.05, 0.1) is 5.69 Å². The minimum Gasteiger partial charge on any atom is -0.454 e. The first-order valence-corrected chi connectivity index (χ1v) is 22.0. The van der Waals surface area contributed by atoms with E-state index in [4.69, 9.17) is 4.42 Å². The summed E-state index contributed by atoms with van der Waals surface area (Å²) in [5.74, 6) is 0. The van der Waals surface area contributed by atoms with Gasteiger partial charge in [0.25, 0.3) is 0 Å². The molecule has 1 aromatic heterocycles. The highest BCUT2D eigenvalue weighted by atomic mass is 16.3. The first kappa shape index (κ1) is 38.1. The molecule has 1 aliphatic rings. The lowest BCUT2D eigenvalue weighted by molar-refractivity contribution is 0.590. The van der Waals surface area contributed by atoms with E-state index >= 15 is 0 Å². The fourth-order valence-corrected chi connectivity index (χ4v) is 9.73. The molecule has 2 nitrogen and oxygen atoms in total. The number of hydrogen-bond donors (Lipinski definition) is 0. The Morgan fingerprint density at radius 2 is 0.903 bits per heavy atom. The molecule has 0 unspecified atom stereocenters. The third-order valence-corrected chi connectivity index (χ3v) is 13.3. The Morgan fingerprint density at radius 1 is 0.403 bits per heavy atom. The Hall–Kier alpha value is -6.90. The van der Waals surface area contributed by atoms with Crippen LogP contribution in [0.4, 0.5) is 17.1 Å². The molecule has 0 fully saturated rings. The van der Waals surface area contributed by atoms with Gasteiger partial charge in [-0.2, -0.15) is 0 Å². The van der Waals surface area contributed by atoms with Crippen molar-refractivity contribution in [2.45, 2.75) is 66.2 Å². The summed E-state index contributed by atoms with van der Waals surface area (Å²) in [6.07, 6.45) is 0. The summed E-state index contributed by atoms with van der Waals surface area (Å²) in [5.41, 5.74) is 20.6. The number of aryl methyl sites for hydroxylation is 2. The van der Waals surface area contributed by atoms with Crippen molar-refractivity contribution in [1.29, 1.82) is 0 Å². The molecule has 0 atom stereocenters. The maximum atomic E-state index is 6.70. The highest BCUT2D eigenvalue weighted by Gasteiger charge is 2.27. The summed E-state index contributed by atoms with van der Waals surface area (Å²) < 4.78 is 6.70. The van der Waals surface area contributed by atoms with E-state index in [1.54, 1.807) is 0 Å². The van der Waals surface area contributed by atoms with Crippen LogP contribution >= 0.6 is 0 Å². The van der Waals surface area contributed by atoms with Gasteiger partial charge in [0.1, 0.15) is 5.58 Å². The van der Waals surface area contributed by atoms with E-state index in [1.807, 2.05) is 6.07 Å². The van der Waals surface area contributed by atoms with Crippen LogP contribution in [0, 0.1) is 13.8 Å². The lowest BCUT2D eigenvalue weighted by Gasteiger charge is -2.29. The van der Waals surface area contributed by atoms with Crippen LogP contribution in [-0.4, -0.2) is 0 Å². The van der Waals surface area contributed by atoms with Gasteiger partial charge in [0.15, 0.2) is 5.58 Å². The second kappa shape index (κ2) is 13.8. The summed E-state index contributed by atoms with van der Waals surface area (Å²) >= 11 is 0. The van der Waals surface area contributed by atoms with Crippen LogP contribution in [-0.2, 0) is 10.8 Å². The van der Waals surface area contributed by atoms with E-state index in [0.717, 1.165) is 44.6 Å². The molecule has 1 aliphatic carbocycles. The molecule has 2 heteroatoms. The largest absolute Gasteiger partial charge is 0.454 e. The first-order chi connectivity index (χ1) is 29.8. The maximum absolute atomic E-state index is 6.70. The molecular formula is C60H51NO. The SMILES string of the molecule is Cc1ccccc1N(c1ccc2cc3c(cc2c1)-c1cc2cc(-c4ccc(C(C)(C)C)cc4)c(-c4ccc(C(C)(C)C)cc4)cc2cc1-3)c1c(C)ccc2c1oc1ccccc12.